The van der Waals surface area contributed by atoms with Crippen LogP contribution in [0.1, 0.15) is 18.1 Å². The van der Waals surface area contributed by atoms with Crippen molar-refractivity contribution in [3.05, 3.63) is 66.0 Å². The number of aliphatic hydroxyl groups excluding tert-OH is 1. The summed E-state index contributed by atoms with van der Waals surface area (Å²) in [6.45, 7) is 1.77. The lowest BCUT2D eigenvalue weighted by Gasteiger charge is -2.14. The molecule has 0 saturated heterocycles. The summed E-state index contributed by atoms with van der Waals surface area (Å²) in [5, 5.41) is 21.2. The van der Waals surface area contributed by atoms with E-state index in [0.717, 1.165) is 16.5 Å². The molecule has 34 heavy (non-hydrogen) atoms. The molecular formula is C24H25N7O2S. The summed E-state index contributed by atoms with van der Waals surface area (Å²) >= 11 is 0. The first-order valence-electron chi connectivity index (χ1n) is 10.5. The van der Waals surface area contributed by atoms with E-state index in [4.69, 9.17) is 4.78 Å². The van der Waals surface area contributed by atoms with Gasteiger partial charge in [0.1, 0.15) is 5.82 Å². The SMILES string of the molecule is C[C@H](CO)Nc1nc(Nc2ccc(S(C)(=N)=O)cc2)ncc1C#Cc1cccc2nn(C)cc12. The van der Waals surface area contributed by atoms with Crippen molar-refractivity contribution in [2.75, 3.05) is 23.5 Å². The van der Waals surface area contributed by atoms with Gasteiger partial charge < -0.3 is 15.7 Å². The molecule has 1 unspecified atom stereocenters. The number of aromatic nitrogens is 4. The molecule has 0 spiro atoms. The Morgan fingerprint density at radius 1 is 1.18 bits per heavy atom. The van der Waals surface area contributed by atoms with Crippen LogP contribution in [-0.4, -0.2) is 48.0 Å². The van der Waals surface area contributed by atoms with E-state index in [-0.39, 0.29) is 12.6 Å². The van der Waals surface area contributed by atoms with Crippen LogP contribution in [0.2, 0.25) is 0 Å². The minimum absolute atomic E-state index is 0.0699. The summed E-state index contributed by atoms with van der Waals surface area (Å²) in [5.41, 5.74) is 2.99. The second-order valence-corrected chi connectivity index (χ2v) is 10.1. The van der Waals surface area contributed by atoms with Gasteiger partial charge in [0.2, 0.25) is 5.95 Å². The molecule has 4 rings (SSSR count). The van der Waals surface area contributed by atoms with Crippen molar-refractivity contribution in [1.82, 2.24) is 19.7 Å². The number of aryl methyl sites for hydroxylation is 1. The molecule has 2 atom stereocenters. The molecule has 4 aromatic rings. The predicted octanol–water partition coefficient (Wildman–Crippen LogP) is 3.33. The van der Waals surface area contributed by atoms with Gasteiger partial charge in [-0.2, -0.15) is 10.1 Å². The van der Waals surface area contributed by atoms with Crippen LogP contribution in [0.4, 0.5) is 17.5 Å². The van der Waals surface area contributed by atoms with E-state index in [9.17, 15) is 9.32 Å². The number of hydrogen-bond acceptors (Lipinski definition) is 8. The lowest BCUT2D eigenvalue weighted by Crippen LogP contribution is -2.21. The number of benzene rings is 2. The highest BCUT2D eigenvalue weighted by Crippen LogP contribution is 2.21. The van der Waals surface area contributed by atoms with Gasteiger partial charge in [-0.25, -0.2) is 14.0 Å². The first kappa shape index (κ1) is 23.2. The third kappa shape index (κ3) is 5.33. The van der Waals surface area contributed by atoms with Crippen molar-refractivity contribution in [3.63, 3.8) is 0 Å². The maximum absolute atomic E-state index is 11.9. The molecule has 4 N–H and O–H groups in total. The van der Waals surface area contributed by atoms with Crippen LogP contribution >= 0.6 is 0 Å². The van der Waals surface area contributed by atoms with Crippen LogP contribution in [0.15, 0.2) is 59.8 Å². The van der Waals surface area contributed by atoms with E-state index >= 15 is 0 Å². The van der Waals surface area contributed by atoms with Crippen LogP contribution in [-0.2, 0) is 16.8 Å². The lowest BCUT2D eigenvalue weighted by atomic mass is 10.1. The monoisotopic (exact) mass is 475 g/mol. The van der Waals surface area contributed by atoms with Gasteiger partial charge in [-0.3, -0.25) is 4.68 Å². The van der Waals surface area contributed by atoms with Crippen molar-refractivity contribution in [3.8, 4) is 11.8 Å². The number of nitrogens with one attached hydrogen (secondary N) is 3. The third-order valence-corrected chi connectivity index (χ3v) is 6.17. The van der Waals surface area contributed by atoms with Gasteiger partial charge >= 0.3 is 0 Å². The number of anilines is 3. The topological polar surface area (TPSA) is 129 Å². The number of hydrogen-bond donors (Lipinski definition) is 4. The van der Waals surface area contributed by atoms with Gasteiger partial charge in [-0.05, 0) is 43.3 Å². The number of aliphatic hydroxyl groups is 1. The Balaban J connectivity index is 1.65. The van der Waals surface area contributed by atoms with Crippen LogP contribution in [0.5, 0.6) is 0 Å². The van der Waals surface area contributed by atoms with E-state index < -0.39 is 9.73 Å². The second kappa shape index (κ2) is 9.51. The Morgan fingerprint density at radius 3 is 2.62 bits per heavy atom. The van der Waals surface area contributed by atoms with Gasteiger partial charge in [-0.1, -0.05) is 17.9 Å². The molecule has 9 nitrogen and oxygen atoms in total. The van der Waals surface area contributed by atoms with Crippen molar-refractivity contribution in [1.29, 1.82) is 4.78 Å². The zero-order valence-corrected chi connectivity index (χ0v) is 19.8. The summed E-state index contributed by atoms with van der Waals surface area (Å²) < 4.78 is 21.3. The summed E-state index contributed by atoms with van der Waals surface area (Å²) in [5.74, 6) is 7.15. The zero-order valence-electron chi connectivity index (χ0n) is 19.0. The normalized spacial score (nSPS) is 13.5. The van der Waals surface area contributed by atoms with E-state index in [1.54, 1.807) is 35.1 Å². The van der Waals surface area contributed by atoms with E-state index in [1.807, 2.05) is 38.4 Å². The minimum atomic E-state index is -2.78. The molecule has 2 aromatic heterocycles. The van der Waals surface area contributed by atoms with E-state index in [2.05, 4.69) is 37.5 Å². The molecule has 0 bridgehead atoms. The maximum atomic E-state index is 11.9. The summed E-state index contributed by atoms with van der Waals surface area (Å²) in [7, 11) is -0.905. The highest BCUT2D eigenvalue weighted by atomic mass is 32.2. The summed E-state index contributed by atoms with van der Waals surface area (Å²) in [6.07, 6.45) is 4.93. The molecule has 0 radical (unpaired) electrons. The van der Waals surface area contributed by atoms with Crippen LogP contribution in [0.3, 0.4) is 0 Å². The lowest BCUT2D eigenvalue weighted by molar-refractivity contribution is 0.281. The quantitative estimate of drug-likeness (QED) is 0.315. The molecule has 0 aliphatic heterocycles. The smallest absolute Gasteiger partial charge is 0.229 e. The van der Waals surface area contributed by atoms with E-state index in [1.165, 1.54) is 6.26 Å². The van der Waals surface area contributed by atoms with Gasteiger partial charge in [0.25, 0.3) is 0 Å². The van der Waals surface area contributed by atoms with Gasteiger partial charge in [0, 0.05) is 47.1 Å². The Hall–Kier alpha value is -3.94. The van der Waals surface area contributed by atoms with Gasteiger partial charge in [-0.15, -0.1) is 0 Å². The number of fused-ring (bicyclic) bond motifs is 1. The average Bonchev–Trinajstić information content (AvgIpc) is 3.19. The Labute approximate surface area is 198 Å². The molecule has 2 aromatic carbocycles. The molecule has 0 aliphatic rings. The molecule has 0 amide bonds. The first-order valence-corrected chi connectivity index (χ1v) is 12.5. The minimum Gasteiger partial charge on any atom is -0.394 e. The van der Waals surface area contributed by atoms with Crippen molar-refractivity contribution in [2.45, 2.75) is 17.9 Å². The number of nitrogens with zero attached hydrogens (tertiary/aromatic N) is 4. The summed E-state index contributed by atoms with van der Waals surface area (Å²) in [4.78, 5) is 9.38. The number of rotatable bonds is 6. The average molecular weight is 476 g/mol. The fraction of sp³-hybridized carbons (Fsp3) is 0.208. The maximum Gasteiger partial charge on any atom is 0.229 e. The highest BCUT2D eigenvalue weighted by Gasteiger charge is 2.10. The molecule has 174 valence electrons. The molecule has 0 saturated carbocycles. The zero-order chi connectivity index (χ0) is 24.3. The fourth-order valence-electron chi connectivity index (χ4n) is 3.25. The van der Waals surface area contributed by atoms with Gasteiger partial charge in [0.05, 0.1) is 33.6 Å². The molecular weight excluding hydrogens is 450 g/mol. The van der Waals surface area contributed by atoms with Crippen LogP contribution < -0.4 is 10.6 Å². The Bertz CT molecular complexity index is 1500. The summed E-state index contributed by atoms with van der Waals surface area (Å²) in [6, 6.07) is 12.3. The molecule has 0 fully saturated rings. The molecule has 0 aliphatic carbocycles. The first-order chi connectivity index (χ1) is 16.2. The van der Waals surface area contributed by atoms with E-state index in [0.29, 0.717) is 27.9 Å². The fourth-order valence-corrected chi connectivity index (χ4v) is 3.91. The highest BCUT2D eigenvalue weighted by molar-refractivity contribution is 7.91. The van der Waals surface area contributed by atoms with Crippen molar-refractivity contribution < 1.29 is 9.32 Å². The molecule has 2 heterocycles. The Kier molecular flexibility index (Phi) is 6.49. The van der Waals surface area contributed by atoms with Crippen LogP contribution in [0.25, 0.3) is 10.9 Å². The predicted molar refractivity (Wildman–Crippen MR) is 134 cm³/mol. The standard InChI is InChI=1S/C24H25N7O2S/c1-16(15-32)27-23-18(8-7-17-5-4-6-22-21(17)14-31(2)30-22)13-26-24(29-23)28-19-9-11-20(12-10-19)34(3,25)33/h4-6,9-14,16,25,32H,15H2,1-3H3,(H2,26,27,28,29)/t16-,34?/m1/s1. The second-order valence-electron chi connectivity index (χ2n) is 7.97. The largest absolute Gasteiger partial charge is 0.394 e. The van der Waals surface area contributed by atoms with Crippen LogP contribution in [0, 0.1) is 16.6 Å². The van der Waals surface area contributed by atoms with Crippen molar-refractivity contribution >= 4 is 38.1 Å². The van der Waals surface area contributed by atoms with Gasteiger partial charge in [0.15, 0.2) is 0 Å². The molecule has 10 heteroatoms. The Morgan fingerprint density at radius 2 is 1.91 bits per heavy atom. The van der Waals surface area contributed by atoms with Crippen molar-refractivity contribution in [2.24, 2.45) is 7.05 Å². The third-order valence-electron chi connectivity index (χ3n) is 5.00.